The number of pyridine rings is 1. The Morgan fingerprint density at radius 1 is 1.41 bits per heavy atom. The maximum atomic E-state index is 12.6. The number of hydrogen-bond acceptors (Lipinski definition) is 3. The summed E-state index contributed by atoms with van der Waals surface area (Å²) >= 11 is 0. The van der Waals surface area contributed by atoms with Crippen LogP contribution in [0.2, 0.25) is 0 Å². The van der Waals surface area contributed by atoms with Gasteiger partial charge in [0.05, 0.1) is 23.6 Å². The van der Waals surface area contributed by atoms with Gasteiger partial charge in [-0.05, 0) is 44.4 Å². The SMILES string of the molecule is CC(C)(O)C1CCCN1C(=O)Cc1cnc2ccccc2c1. The van der Waals surface area contributed by atoms with Gasteiger partial charge in [0.15, 0.2) is 0 Å². The standard InChI is InChI=1S/C18H22N2O2/c1-18(2,22)16-8-5-9-20(16)17(21)11-13-10-14-6-3-4-7-15(14)19-12-13/h3-4,6-7,10,12,16,22H,5,8-9,11H2,1-2H3. The number of aromatic nitrogens is 1. The summed E-state index contributed by atoms with van der Waals surface area (Å²) in [6.07, 6.45) is 3.93. The number of likely N-dealkylation sites (tertiary alicyclic amines) is 1. The third-order valence-corrected chi connectivity index (χ3v) is 4.39. The van der Waals surface area contributed by atoms with Crippen molar-refractivity contribution >= 4 is 16.8 Å². The minimum Gasteiger partial charge on any atom is -0.388 e. The van der Waals surface area contributed by atoms with E-state index in [9.17, 15) is 9.90 Å². The third kappa shape index (κ3) is 2.97. The van der Waals surface area contributed by atoms with Crippen LogP contribution in [0.25, 0.3) is 10.9 Å². The predicted molar refractivity (Wildman–Crippen MR) is 86.5 cm³/mol. The van der Waals surface area contributed by atoms with Gasteiger partial charge in [-0.25, -0.2) is 0 Å². The van der Waals surface area contributed by atoms with Crippen molar-refractivity contribution in [3.8, 4) is 0 Å². The summed E-state index contributed by atoms with van der Waals surface area (Å²) in [5.74, 6) is 0.0710. The molecule has 1 aliphatic heterocycles. The Labute approximate surface area is 130 Å². The van der Waals surface area contributed by atoms with Crippen molar-refractivity contribution in [1.82, 2.24) is 9.88 Å². The number of benzene rings is 1. The highest BCUT2D eigenvalue weighted by atomic mass is 16.3. The first kappa shape index (κ1) is 15.0. The maximum absolute atomic E-state index is 12.6. The summed E-state index contributed by atoms with van der Waals surface area (Å²) in [6.45, 7) is 4.29. The quantitative estimate of drug-likeness (QED) is 0.947. The van der Waals surface area contributed by atoms with Crippen LogP contribution in [-0.4, -0.2) is 39.1 Å². The van der Waals surface area contributed by atoms with E-state index in [0.717, 1.165) is 35.9 Å². The lowest BCUT2D eigenvalue weighted by molar-refractivity contribution is -0.135. The average Bonchev–Trinajstić information content (AvgIpc) is 2.97. The van der Waals surface area contributed by atoms with Crippen molar-refractivity contribution in [3.63, 3.8) is 0 Å². The highest BCUT2D eigenvalue weighted by Crippen LogP contribution is 2.27. The Morgan fingerprint density at radius 2 is 2.18 bits per heavy atom. The summed E-state index contributed by atoms with van der Waals surface area (Å²) in [5.41, 5.74) is 1.01. The lowest BCUT2D eigenvalue weighted by Gasteiger charge is -2.33. The zero-order valence-corrected chi connectivity index (χ0v) is 13.1. The van der Waals surface area contributed by atoms with Gasteiger partial charge in [-0.1, -0.05) is 18.2 Å². The maximum Gasteiger partial charge on any atom is 0.227 e. The van der Waals surface area contributed by atoms with Crippen LogP contribution in [0.15, 0.2) is 36.5 Å². The molecule has 22 heavy (non-hydrogen) atoms. The summed E-state index contributed by atoms with van der Waals surface area (Å²) < 4.78 is 0. The second kappa shape index (κ2) is 5.69. The molecule has 0 aliphatic carbocycles. The molecular formula is C18H22N2O2. The average molecular weight is 298 g/mol. The van der Waals surface area contributed by atoms with E-state index >= 15 is 0 Å². The molecule has 4 heteroatoms. The number of fused-ring (bicyclic) bond motifs is 1. The Hall–Kier alpha value is -1.94. The molecule has 0 saturated carbocycles. The first-order chi connectivity index (χ1) is 10.4. The number of para-hydroxylation sites is 1. The van der Waals surface area contributed by atoms with Crippen molar-refractivity contribution < 1.29 is 9.90 Å². The van der Waals surface area contributed by atoms with Crippen LogP contribution >= 0.6 is 0 Å². The number of amides is 1. The Bertz CT molecular complexity index is 691. The molecular weight excluding hydrogens is 276 g/mol. The highest BCUT2D eigenvalue weighted by Gasteiger charge is 2.38. The van der Waals surface area contributed by atoms with E-state index in [4.69, 9.17) is 0 Å². The molecule has 2 heterocycles. The second-order valence-corrected chi connectivity index (χ2v) is 6.61. The van der Waals surface area contributed by atoms with Crippen LogP contribution in [0.1, 0.15) is 32.3 Å². The molecule has 2 aromatic rings. The van der Waals surface area contributed by atoms with Crippen LogP contribution in [0, 0.1) is 0 Å². The fourth-order valence-electron chi connectivity index (χ4n) is 3.29. The lowest BCUT2D eigenvalue weighted by atomic mass is 9.96. The van der Waals surface area contributed by atoms with Crippen LogP contribution < -0.4 is 0 Å². The Morgan fingerprint density at radius 3 is 2.95 bits per heavy atom. The monoisotopic (exact) mass is 298 g/mol. The molecule has 0 spiro atoms. The molecule has 0 radical (unpaired) electrons. The molecule has 1 aromatic heterocycles. The van der Waals surface area contributed by atoms with E-state index in [1.807, 2.05) is 35.2 Å². The molecule has 1 aliphatic rings. The van der Waals surface area contributed by atoms with Crippen molar-refractivity contribution in [1.29, 1.82) is 0 Å². The van der Waals surface area contributed by atoms with Gasteiger partial charge in [0.2, 0.25) is 5.91 Å². The topological polar surface area (TPSA) is 53.4 Å². The van der Waals surface area contributed by atoms with Crippen LogP contribution in [0.5, 0.6) is 0 Å². The van der Waals surface area contributed by atoms with Gasteiger partial charge in [0.1, 0.15) is 0 Å². The number of carbonyl (C=O) groups excluding carboxylic acids is 1. The van der Waals surface area contributed by atoms with E-state index in [-0.39, 0.29) is 11.9 Å². The molecule has 1 fully saturated rings. The van der Waals surface area contributed by atoms with Crippen LogP contribution in [-0.2, 0) is 11.2 Å². The van der Waals surface area contributed by atoms with Crippen molar-refractivity contribution in [2.24, 2.45) is 0 Å². The van der Waals surface area contributed by atoms with Gasteiger partial charge >= 0.3 is 0 Å². The largest absolute Gasteiger partial charge is 0.388 e. The van der Waals surface area contributed by atoms with Gasteiger partial charge < -0.3 is 10.0 Å². The zero-order valence-electron chi connectivity index (χ0n) is 13.1. The van der Waals surface area contributed by atoms with Gasteiger partial charge in [-0.3, -0.25) is 9.78 Å². The fraction of sp³-hybridized carbons (Fsp3) is 0.444. The molecule has 1 atom stereocenters. The van der Waals surface area contributed by atoms with Crippen molar-refractivity contribution in [2.75, 3.05) is 6.54 Å². The summed E-state index contributed by atoms with van der Waals surface area (Å²) in [5, 5.41) is 11.3. The second-order valence-electron chi connectivity index (χ2n) is 6.61. The Kier molecular flexibility index (Phi) is 3.87. The van der Waals surface area contributed by atoms with E-state index in [1.54, 1.807) is 20.0 Å². The highest BCUT2D eigenvalue weighted by molar-refractivity contribution is 5.83. The summed E-state index contributed by atoms with van der Waals surface area (Å²) in [7, 11) is 0. The molecule has 1 saturated heterocycles. The van der Waals surface area contributed by atoms with E-state index in [0.29, 0.717) is 6.42 Å². The lowest BCUT2D eigenvalue weighted by Crippen LogP contribution is -2.48. The Balaban J connectivity index is 1.78. The number of nitrogens with zero attached hydrogens (tertiary/aromatic N) is 2. The first-order valence-corrected chi connectivity index (χ1v) is 7.80. The smallest absolute Gasteiger partial charge is 0.227 e. The number of aliphatic hydroxyl groups is 1. The zero-order chi connectivity index (χ0) is 15.7. The summed E-state index contributed by atoms with van der Waals surface area (Å²) in [6, 6.07) is 9.83. The minimum atomic E-state index is -0.853. The summed E-state index contributed by atoms with van der Waals surface area (Å²) in [4.78, 5) is 18.8. The number of carbonyl (C=O) groups is 1. The van der Waals surface area contributed by atoms with Crippen LogP contribution in [0.4, 0.5) is 0 Å². The fourth-order valence-corrected chi connectivity index (χ4v) is 3.29. The molecule has 116 valence electrons. The molecule has 1 unspecified atom stereocenters. The van der Waals surface area contributed by atoms with Crippen molar-refractivity contribution in [2.45, 2.75) is 44.8 Å². The molecule has 1 amide bonds. The first-order valence-electron chi connectivity index (χ1n) is 7.80. The normalized spacial score (nSPS) is 18.9. The van der Waals surface area contributed by atoms with Crippen LogP contribution in [0.3, 0.4) is 0 Å². The van der Waals surface area contributed by atoms with Gasteiger partial charge in [-0.15, -0.1) is 0 Å². The van der Waals surface area contributed by atoms with E-state index < -0.39 is 5.60 Å². The number of hydrogen-bond donors (Lipinski definition) is 1. The molecule has 3 rings (SSSR count). The van der Waals surface area contributed by atoms with Gasteiger partial charge in [-0.2, -0.15) is 0 Å². The van der Waals surface area contributed by atoms with E-state index in [1.165, 1.54) is 0 Å². The molecule has 4 nitrogen and oxygen atoms in total. The third-order valence-electron chi connectivity index (χ3n) is 4.39. The molecule has 1 N–H and O–H groups in total. The van der Waals surface area contributed by atoms with Crippen molar-refractivity contribution in [3.05, 3.63) is 42.1 Å². The minimum absolute atomic E-state index is 0.0710. The molecule has 0 bridgehead atoms. The van der Waals surface area contributed by atoms with Gasteiger partial charge in [0.25, 0.3) is 0 Å². The van der Waals surface area contributed by atoms with E-state index in [2.05, 4.69) is 4.98 Å². The number of rotatable bonds is 3. The molecule has 1 aromatic carbocycles. The van der Waals surface area contributed by atoms with Gasteiger partial charge in [0, 0.05) is 18.1 Å². The predicted octanol–water partition coefficient (Wildman–Crippen LogP) is 2.54.